The van der Waals surface area contributed by atoms with Crippen LogP contribution >= 0.6 is 0 Å². The lowest BCUT2D eigenvalue weighted by atomic mass is 9.67. The Kier molecular flexibility index (Phi) is 8.09. The summed E-state index contributed by atoms with van der Waals surface area (Å²) in [5.41, 5.74) is 0.842. The maximum atomic E-state index is 12.7. The molecule has 1 saturated carbocycles. The molecule has 8 heteroatoms. The molecule has 1 fully saturated rings. The van der Waals surface area contributed by atoms with E-state index in [0.717, 1.165) is 19.6 Å². The summed E-state index contributed by atoms with van der Waals surface area (Å²) in [7, 11) is 4.88. The highest BCUT2D eigenvalue weighted by Crippen LogP contribution is 2.43. The number of halogens is 2. The molecule has 2 rings (SSSR count). The monoisotopic (exact) mass is 385 g/mol. The van der Waals surface area contributed by atoms with Crippen LogP contribution in [0.4, 0.5) is 8.78 Å². The van der Waals surface area contributed by atoms with Crippen molar-refractivity contribution in [1.82, 2.24) is 10.6 Å². The number of alkyl halides is 2. The van der Waals surface area contributed by atoms with Crippen molar-refractivity contribution in [2.75, 3.05) is 34.4 Å². The average Bonchev–Trinajstić information content (AvgIpc) is 2.63. The molecule has 6 nitrogen and oxygen atoms in total. The van der Waals surface area contributed by atoms with Crippen molar-refractivity contribution in [3.8, 4) is 11.5 Å². The molecule has 0 spiro atoms. The van der Waals surface area contributed by atoms with E-state index in [1.165, 1.54) is 32.4 Å². The van der Waals surface area contributed by atoms with Gasteiger partial charge in [-0.05, 0) is 36.8 Å². The number of methoxy groups -OCH3 is 2. The highest BCUT2D eigenvalue weighted by Gasteiger charge is 2.36. The van der Waals surface area contributed by atoms with Gasteiger partial charge in [-0.3, -0.25) is 4.99 Å². The molecule has 0 saturated heterocycles. The van der Waals surface area contributed by atoms with Crippen LogP contribution in [0, 0.1) is 5.41 Å². The van der Waals surface area contributed by atoms with Crippen LogP contribution in [0.2, 0.25) is 0 Å². The number of hydrogen-bond acceptors (Lipinski definition) is 4. The number of nitrogens with one attached hydrogen (secondary N) is 2. The number of ether oxygens (including phenoxy) is 3. The summed E-state index contributed by atoms with van der Waals surface area (Å²) in [5.74, 6) is 1.17. The molecule has 0 aromatic heterocycles. The summed E-state index contributed by atoms with van der Waals surface area (Å²) in [6.45, 7) is -1.04. The predicted octanol–water partition coefficient (Wildman–Crippen LogP) is 3.17. The molecule has 0 heterocycles. The van der Waals surface area contributed by atoms with Gasteiger partial charge in [0.2, 0.25) is 0 Å². The number of aliphatic imine (C=N–C) groups is 1. The minimum absolute atomic E-state index is 0.0860. The standard InChI is InChI=1S/C19H29F2N3O3/c1-22-18(24-13-19(7-4-8-19)9-10-25-2)23-12-14-5-6-15(26-3)11-16(14)27-17(20)21/h5-6,11,17H,4,7-10,12-13H2,1-3H3,(H2,22,23,24). The van der Waals surface area contributed by atoms with Crippen LogP contribution in [0.15, 0.2) is 23.2 Å². The number of guanidine groups is 1. The van der Waals surface area contributed by atoms with Crippen molar-refractivity contribution >= 4 is 5.96 Å². The van der Waals surface area contributed by atoms with Crippen LogP contribution in [-0.2, 0) is 11.3 Å². The second-order valence-corrected chi connectivity index (χ2v) is 6.73. The largest absolute Gasteiger partial charge is 0.497 e. The maximum Gasteiger partial charge on any atom is 0.387 e. The SMILES string of the molecule is CN=C(NCc1ccc(OC)cc1OC(F)F)NCC1(CCOC)CCC1. The lowest BCUT2D eigenvalue weighted by molar-refractivity contribution is -0.0505. The Bertz CT molecular complexity index is 622. The zero-order valence-electron chi connectivity index (χ0n) is 16.2. The van der Waals surface area contributed by atoms with Crippen LogP contribution in [0.5, 0.6) is 11.5 Å². The third-order valence-electron chi connectivity index (χ3n) is 5.04. The molecule has 0 atom stereocenters. The van der Waals surface area contributed by atoms with Gasteiger partial charge in [0.1, 0.15) is 11.5 Å². The fourth-order valence-electron chi connectivity index (χ4n) is 3.19. The van der Waals surface area contributed by atoms with E-state index < -0.39 is 6.61 Å². The predicted molar refractivity (Wildman–Crippen MR) is 101 cm³/mol. The minimum Gasteiger partial charge on any atom is -0.497 e. The van der Waals surface area contributed by atoms with Gasteiger partial charge in [-0.25, -0.2) is 0 Å². The Balaban J connectivity index is 1.93. The van der Waals surface area contributed by atoms with E-state index >= 15 is 0 Å². The molecule has 1 aliphatic carbocycles. The Hall–Kier alpha value is -2.09. The van der Waals surface area contributed by atoms with Gasteiger partial charge >= 0.3 is 6.61 Å². The van der Waals surface area contributed by atoms with Gasteiger partial charge in [-0.15, -0.1) is 0 Å². The smallest absolute Gasteiger partial charge is 0.387 e. The maximum absolute atomic E-state index is 12.7. The van der Waals surface area contributed by atoms with Crippen LogP contribution < -0.4 is 20.1 Å². The molecule has 0 aliphatic heterocycles. The number of hydrogen-bond donors (Lipinski definition) is 2. The molecule has 1 aromatic carbocycles. The van der Waals surface area contributed by atoms with Gasteiger partial charge in [0.25, 0.3) is 0 Å². The Labute approximate surface area is 159 Å². The molecule has 0 unspecified atom stereocenters. The lowest BCUT2D eigenvalue weighted by Gasteiger charge is -2.42. The Morgan fingerprint density at radius 1 is 1.26 bits per heavy atom. The zero-order chi connectivity index (χ0) is 19.7. The van der Waals surface area contributed by atoms with E-state index in [9.17, 15) is 8.78 Å². The van der Waals surface area contributed by atoms with Crippen molar-refractivity contribution < 1.29 is 23.0 Å². The summed E-state index contributed by atoms with van der Waals surface area (Å²) in [5, 5.41) is 6.50. The second kappa shape index (κ2) is 10.3. The van der Waals surface area contributed by atoms with Crippen LogP contribution in [0.3, 0.4) is 0 Å². The molecule has 0 radical (unpaired) electrons. The second-order valence-electron chi connectivity index (χ2n) is 6.73. The summed E-state index contributed by atoms with van der Waals surface area (Å²) >= 11 is 0. The van der Waals surface area contributed by atoms with Crippen molar-refractivity contribution in [3.63, 3.8) is 0 Å². The molecule has 152 valence electrons. The van der Waals surface area contributed by atoms with Gasteiger partial charge in [0, 0.05) is 45.5 Å². The topological polar surface area (TPSA) is 64.1 Å². The third kappa shape index (κ3) is 6.23. The van der Waals surface area contributed by atoms with Gasteiger partial charge in [0.05, 0.1) is 7.11 Å². The number of benzene rings is 1. The van der Waals surface area contributed by atoms with E-state index in [1.54, 1.807) is 26.3 Å². The first-order chi connectivity index (χ1) is 13.0. The van der Waals surface area contributed by atoms with Crippen LogP contribution in [0.25, 0.3) is 0 Å². The highest BCUT2D eigenvalue weighted by atomic mass is 19.3. The number of nitrogens with zero attached hydrogens (tertiary/aromatic N) is 1. The highest BCUT2D eigenvalue weighted by molar-refractivity contribution is 5.79. The molecular weight excluding hydrogens is 356 g/mol. The quantitative estimate of drug-likeness (QED) is 0.478. The zero-order valence-corrected chi connectivity index (χ0v) is 16.2. The molecule has 0 amide bonds. The molecule has 1 aliphatic rings. The van der Waals surface area contributed by atoms with E-state index in [2.05, 4.69) is 20.4 Å². The normalized spacial score (nSPS) is 16.0. The summed E-state index contributed by atoms with van der Waals surface area (Å²) in [6.07, 6.45) is 4.59. The summed E-state index contributed by atoms with van der Waals surface area (Å²) < 4.78 is 40.2. The summed E-state index contributed by atoms with van der Waals surface area (Å²) in [6, 6.07) is 4.86. The first-order valence-corrected chi connectivity index (χ1v) is 9.07. The van der Waals surface area contributed by atoms with Gasteiger partial charge in [-0.2, -0.15) is 8.78 Å². The van der Waals surface area contributed by atoms with Crippen molar-refractivity contribution in [3.05, 3.63) is 23.8 Å². The van der Waals surface area contributed by atoms with E-state index in [-0.39, 0.29) is 11.2 Å². The van der Waals surface area contributed by atoms with Crippen molar-refractivity contribution in [2.24, 2.45) is 10.4 Å². The number of rotatable bonds is 10. The fourth-order valence-corrected chi connectivity index (χ4v) is 3.19. The molecule has 1 aromatic rings. The molecular formula is C19H29F2N3O3. The molecule has 0 bridgehead atoms. The fraction of sp³-hybridized carbons (Fsp3) is 0.632. The van der Waals surface area contributed by atoms with E-state index in [0.29, 0.717) is 23.8 Å². The summed E-state index contributed by atoms with van der Waals surface area (Å²) in [4.78, 5) is 4.22. The first kappa shape index (κ1) is 21.2. The van der Waals surface area contributed by atoms with Crippen LogP contribution in [0.1, 0.15) is 31.2 Å². The third-order valence-corrected chi connectivity index (χ3v) is 5.04. The van der Waals surface area contributed by atoms with E-state index in [1.807, 2.05) is 0 Å². The average molecular weight is 385 g/mol. The van der Waals surface area contributed by atoms with E-state index in [4.69, 9.17) is 9.47 Å². The minimum atomic E-state index is -2.90. The van der Waals surface area contributed by atoms with Gasteiger partial charge in [-0.1, -0.05) is 6.42 Å². The lowest BCUT2D eigenvalue weighted by Crippen LogP contribution is -2.46. The molecule has 27 heavy (non-hydrogen) atoms. The van der Waals surface area contributed by atoms with Crippen molar-refractivity contribution in [2.45, 2.75) is 38.8 Å². The Morgan fingerprint density at radius 2 is 2.04 bits per heavy atom. The van der Waals surface area contributed by atoms with Gasteiger partial charge in [0.15, 0.2) is 5.96 Å². The first-order valence-electron chi connectivity index (χ1n) is 9.07. The Morgan fingerprint density at radius 3 is 2.59 bits per heavy atom. The van der Waals surface area contributed by atoms with Gasteiger partial charge < -0.3 is 24.8 Å². The molecule has 2 N–H and O–H groups in total. The van der Waals surface area contributed by atoms with Crippen LogP contribution in [-0.4, -0.2) is 47.0 Å². The van der Waals surface area contributed by atoms with Crippen molar-refractivity contribution in [1.29, 1.82) is 0 Å².